The van der Waals surface area contributed by atoms with Crippen molar-refractivity contribution < 1.29 is 14.0 Å². The Bertz CT molecular complexity index is 640. The summed E-state index contributed by atoms with van der Waals surface area (Å²) in [5, 5.41) is 8.86. The smallest absolute Gasteiger partial charge is 0.238 e. The van der Waals surface area contributed by atoms with Gasteiger partial charge in [0.2, 0.25) is 11.8 Å². The van der Waals surface area contributed by atoms with E-state index in [9.17, 15) is 14.0 Å². The molecule has 8 heteroatoms. The summed E-state index contributed by atoms with van der Waals surface area (Å²) in [6.45, 7) is 3.40. The second-order valence-corrected chi connectivity index (χ2v) is 7.17. The number of carbonyl (C=O) groups excluding carboxylic acids is 2. The number of likely N-dealkylation sites (tertiary alicyclic amines) is 1. The van der Waals surface area contributed by atoms with Crippen LogP contribution in [0, 0.1) is 11.7 Å². The summed E-state index contributed by atoms with van der Waals surface area (Å²) >= 11 is 0. The Morgan fingerprint density at radius 3 is 2.78 bits per heavy atom. The van der Waals surface area contributed by atoms with Crippen molar-refractivity contribution in [2.24, 2.45) is 5.92 Å². The van der Waals surface area contributed by atoms with Crippen LogP contribution in [-0.4, -0.2) is 55.5 Å². The highest BCUT2D eigenvalue weighted by molar-refractivity contribution is 5.92. The van der Waals surface area contributed by atoms with Gasteiger partial charge >= 0.3 is 0 Å². The van der Waals surface area contributed by atoms with Crippen LogP contribution < -0.4 is 16.0 Å². The molecule has 0 aromatic heterocycles. The van der Waals surface area contributed by atoms with Crippen LogP contribution in [0.4, 0.5) is 10.1 Å². The van der Waals surface area contributed by atoms with Crippen LogP contribution in [0.5, 0.6) is 0 Å². The van der Waals surface area contributed by atoms with E-state index in [-0.39, 0.29) is 42.5 Å². The van der Waals surface area contributed by atoms with Crippen LogP contribution in [0.1, 0.15) is 25.7 Å². The second-order valence-electron chi connectivity index (χ2n) is 7.17. The van der Waals surface area contributed by atoms with Crippen molar-refractivity contribution in [2.75, 3.05) is 38.0 Å². The Kier molecular flexibility index (Phi) is 8.47. The van der Waals surface area contributed by atoms with E-state index in [0.29, 0.717) is 12.5 Å². The van der Waals surface area contributed by atoms with E-state index >= 15 is 0 Å². The zero-order valence-electron chi connectivity index (χ0n) is 15.4. The van der Waals surface area contributed by atoms with E-state index in [1.165, 1.54) is 6.07 Å². The summed E-state index contributed by atoms with van der Waals surface area (Å²) in [6, 6.07) is 6.11. The van der Waals surface area contributed by atoms with Crippen LogP contribution in [0.15, 0.2) is 24.3 Å². The maximum atomic E-state index is 13.6. The molecule has 150 valence electrons. The van der Waals surface area contributed by atoms with E-state index in [4.69, 9.17) is 0 Å². The maximum Gasteiger partial charge on any atom is 0.238 e. The van der Waals surface area contributed by atoms with Crippen molar-refractivity contribution in [3.63, 3.8) is 0 Å². The van der Waals surface area contributed by atoms with E-state index in [0.717, 1.165) is 45.3 Å². The molecule has 2 fully saturated rings. The van der Waals surface area contributed by atoms with Crippen LogP contribution in [0.2, 0.25) is 0 Å². The average molecular weight is 399 g/mol. The predicted octanol–water partition coefficient (Wildman–Crippen LogP) is 1.77. The van der Waals surface area contributed by atoms with Crippen molar-refractivity contribution >= 4 is 29.9 Å². The lowest BCUT2D eigenvalue weighted by Crippen LogP contribution is -2.46. The first-order valence-corrected chi connectivity index (χ1v) is 9.39. The molecule has 2 saturated heterocycles. The SMILES string of the molecule is Cl.O=C(CN1CCCC(CNC(=O)C2CCCN2)C1)Nc1ccccc1F. The molecule has 1 aromatic rings. The second kappa shape index (κ2) is 10.6. The number of halogens is 2. The van der Waals surface area contributed by atoms with E-state index in [1.54, 1.807) is 18.2 Å². The van der Waals surface area contributed by atoms with Crippen molar-refractivity contribution in [3.8, 4) is 0 Å². The molecule has 2 unspecified atom stereocenters. The van der Waals surface area contributed by atoms with Gasteiger partial charge in [0.1, 0.15) is 5.82 Å². The number of anilines is 1. The Labute approximate surface area is 165 Å². The summed E-state index contributed by atoms with van der Waals surface area (Å²) in [6.07, 6.45) is 3.99. The van der Waals surface area contributed by atoms with Crippen molar-refractivity contribution in [1.29, 1.82) is 0 Å². The summed E-state index contributed by atoms with van der Waals surface area (Å²) in [5.41, 5.74) is 0.211. The van der Waals surface area contributed by atoms with Crippen LogP contribution in [0.25, 0.3) is 0 Å². The number of hydrogen-bond acceptors (Lipinski definition) is 4. The van der Waals surface area contributed by atoms with E-state index < -0.39 is 5.82 Å². The average Bonchev–Trinajstić information content (AvgIpc) is 3.17. The fourth-order valence-corrected chi connectivity index (χ4v) is 3.69. The molecular weight excluding hydrogens is 371 g/mol. The molecule has 0 saturated carbocycles. The van der Waals surface area contributed by atoms with Gasteiger partial charge in [-0.1, -0.05) is 12.1 Å². The van der Waals surface area contributed by atoms with Gasteiger partial charge in [-0.15, -0.1) is 12.4 Å². The van der Waals surface area contributed by atoms with Crippen LogP contribution >= 0.6 is 12.4 Å². The van der Waals surface area contributed by atoms with Crippen molar-refractivity contribution in [2.45, 2.75) is 31.7 Å². The zero-order chi connectivity index (χ0) is 18.4. The number of benzene rings is 1. The molecule has 2 atom stereocenters. The lowest BCUT2D eigenvalue weighted by atomic mass is 9.98. The molecule has 2 heterocycles. The van der Waals surface area contributed by atoms with Gasteiger partial charge in [0, 0.05) is 13.1 Å². The third-order valence-corrected chi connectivity index (χ3v) is 5.06. The number of carbonyl (C=O) groups is 2. The Morgan fingerprint density at radius 1 is 1.22 bits per heavy atom. The largest absolute Gasteiger partial charge is 0.354 e. The first-order chi connectivity index (χ1) is 12.6. The predicted molar refractivity (Wildman–Crippen MR) is 105 cm³/mol. The Balaban J connectivity index is 0.00000261. The summed E-state index contributed by atoms with van der Waals surface area (Å²) in [5.74, 6) is -0.220. The topological polar surface area (TPSA) is 73.5 Å². The van der Waals surface area contributed by atoms with Gasteiger partial charge in [-0.3, -0.25) is 14.5 Å². The van der Waals surface area contributed by atoms with Gasteiger partial charge in [0.15, 0.2) is 0 Å². The number of para-hydroxylation sites is 1. The third kappa shape index (κ3) is 6.45. The van der Waals surface area contributed by atoms with Gasteiger partial charge in [-0.25, -0.2) is 4.39 Å². The number of amides is 2. The number of rotatable bonds is 6. The molecule has 3 rings (SSSR count). The van der Waals surface area contributed by atoms with Gasteiger partial charge in [0.05, 0.1) is 18.3 Å². The van der Waals surface area contributed by atoms with E-state index in [1.807, 2.05) is 0 Å². The molecular formula is C19H28ClFN4O2. The van der Waals surface area contributed by atoms with Crippen molar-refractivity contribution in [1.82, 2.24) is 15.5 Å². The standard InChI is InChI=1S/C19H27FN4O2.ClH/c20-15-6-1-2-7-16(15)23-18(25)13-24-10-4-5-14(12-24)11-22-19(26)17-8-3-9-21-17;/h1-2,6-7,14,17,21H,3-5,8-13H2,(H,22,26)(H,23,25);1H. The molecule has 2 amide bonds. The Morgan fingerprint density at radius 2 is 2.04 bits per heavy atom. The van der Waals surface area contributed by atoms with Crippen LogP contribution in [0.3, 0.4) is 0 Å². The minimum absolute atomic E-state index is 0. The molecule has 0 aliphatic carbocycles. The molecule has 2 aliphatic rings. The van der Waals surface area contributed by atoms with Crippen molar-refractivity contribution in [3.05, 3.63) is 30.1 Å². The van der Waals surface area contributed by atoms with Gasteiger partial charge in [0.25, 0.3) is 0 Å². The normalized spacial score (nSPS) is 22.7. The first-order valence-electron chi connectivity index (χ1n) is 9.39. The molecule has 2 aliphatic heterocycles. The quantitative estimate of drug-likeness (QED) is 0.682. The highest BCUT2D eigenvalue weighted by Crippen LogP contribution is 2.17. The monoisotopic (exact) mass is 398 g/mol. The van der Waals surface area contributed by atoms with Gasteiger partial charge < -0.3 is 16.0 Å². The molecule has 3 N–H and O–H groups in total. The highest BCUT2D eigenvalue weighted by atomic mass is 35.5. The minimum atomic E-state index is -0.430. The molecule has 0 spiro atoms. The number of hydrogen-bond donors (Lipinski definition) is 3. The molecule has 27 heavy (non-hydrogen) atoms. The van der Waals surface area contributed by atoms with E-state index in [2.05, 4.69) is 20.9 Å². The summed E-state index contributed by atoms with van der Waals surface area (Å²) in [7, 11) is 0. The third-order valence-electron chi connectivity index (χ3n) is 5.06. The minimum Gasteiger partial charge on any atom is -0.354 e. The van der Waals surface area contributed by atoms with Crippen LogP contribution in [-0.2, 0) is 9.59 Å². The zero-order valence-corrected chi connectivity index (χ0v) is 16.2. The molecule has 1 aromatic carbocycles. The Hall–Kier alpha value is -1.70. The number of piperidine rings is 1. The highest BCUT2D eigenvalue weighted by Gasteiger charge is 2.25. The molecule has 6 nitrogen and oxygen atoms in total. The fourth-order valence-electron chi connectivity index (χ4n) is 3.69. The summed E-state index contributed by atoms with van der Waals surface area (Å²) < 4.78 is 13.6. The fraction of sp³-hybridized carbons (Fsp3) is 0.579. The number of nitrogens with one attached hydrogen (secondary N) is 3. The maximum absolute atomic E-state index is 13.6. The first kappa shape index (κ1) is 21.6. The lowest BCUT2D eigenvalue weighted by Gasteiger charge is -2.32. The lowest BCUT2D eigenvalue weighted by molar-refractivity contribution is -0.123. The van der Waals surface area contributed by atoms with Gasteiger partial charge in [-0.2, -0.15) is 0 Å². The summed E-state index contributed by atoms with van der Waals surface area (Å²) in [4.78, 5) is 26.4. The molecule has 0 radical (unpaired) electrons. The molecule has 0 bridgehead atoms. The number of nitrogens with zero attached hydrogens (tertiary/aromatic N) is 1. The van der Waals surface area contributed by atoms with Gasteiger partial charge in [-0.05, 0) is 56.8 Å².